The summed E-state index contributed by atoms with van der Waals surface area (Å²) in [6.45, 7) is 5.53. The van der Waals surface area contributed by atoms with Crippen LogP contribution in [0.2, 0.25) is 0 Å². The zero-order valence-electron chi connectivity index (χ0n) is 11.2. The van der Waals surface area contributed by atoms with E-state index < -0.39 is 0 Å². The number of nitrogens with zero attached hydrogens (tertiary/aromatic N) is 4. The standard InChI is InChI=1S/C13H19N5O/c1-3-17(9-10(2)13(14)16-19)12-6-4-5-11-15-7-8-18(11)12/h4-8,10,19H,3,9H2,1-2H3,(H2,14,16). The van der Waals surface area contributed by atoms with Crippen molar-refractivity contribution in [1.29, 1.82) is 0 Å². The average molecular weight is 261 g/mol. The van der Waals surface area contributed by atoms with E-state index in [9.17, 15) is 0 Å². The third-order valence-corrected chi connectivity index (χ3v) is 3.23. The molecule has 2 heterocycles. The van der Waals surface area contributed by atoms with Crippen molar-refractivity contribution in [2.75, 3.05) is 18.0 Å². The highest BCUT2D eigenvalue weighted by Crippen LogP contribution is 2.17. The second-order valence-corrected chi connectivity index (χ2v) is 4.50. The van der Waals surface area contributed by atoms with Crippen molar-refractivity contribution in [2.24, 2.45) is 16.8 Å². The maximum Gasteiger partial charge on any atom is 0.143 e. The number of amidine groups is 1. The van der Waals surface area contributed by atoms with Crippen molar-refractivity contribution in [2.45, 2.75) is 13.8 Å². The molecule has 1 atom stereocenters. The van der Waals surface area contributed by atoms with Crippen LogP contribution in [-0.2, 0) is 0 Å². The van der Waals surface area contributed by atoms with Crippen molar-refractivity contribution >= 4 is 17.3 Å². The Morgan fingerprint density at radius 1 is 1.58 bits per heavy atom. The summed E-state index contributed by atoms with van der Waals surface area (Å²) in [5.41, 5.74) is 6.55. The number of oxime groups is 1. The summed E-state index contributed by atoms with van der Waals surface area (Å²) in [4.78, 5) is 6.45. The van der Waals surface area contributed by atoms with Crippen LogP contribution in [0.4, 0.5) is 5.82 Å². The first kappa shape index (κ1) is 13.2. The molecule has 0 fully saturated rings. The molecule has 0 aromatic carbocycles. The summed E-state index contributed by atoms with van der Waals surface area (Å²) in [5.74, 6) is 1.27. The van der Waals surface area contributed by atoms with Crippen molar-refractivity contribution < 1.29 is 5.21 Å². The maximum absolute atomic E-state index is 8.73. The smallest absolute Gasteiger partial charge is 0.143 e. The third kappa shape index (κ3) is 2.62. The van der Waals surface area contributed by atoms with Gasteiger partial charge in [0.25, 0.3) is 0 Å². The second-order valence-electron chi connectivity index (χ2n) is 4.50. The molecule has 6 heteroatoms. The SMILES string of the molecule is CCN(CC(C)/C(N)=N/O)c1cccc2nccn12. The molecule has 0 aliphatic carbocycles. The fraction of sp³-hybridized carbons (Fsp3) is 0.385. The highest BCUT2D eigenvalue weighted by Gasteiger charge is 2.15. The van der Waals surface area contributed by atoms with E-state index in [0.717, 1.165) is 18.0 Å². The molecule has 0 aliphatic rings. The Morgan fingerprint density at radius 2 is 2.37 bits per heavy atom. The summed E-state index contributed by atoms with van der Waals surface area (Å²) in [6.07, 6.45) is 3.71. The Kier molecular flexibility index (Phi) is 3.89. The molecule has 2 aromatic rings. The number of imidazole rings is 1. The van der Waals surface area contributed by atoms with Gasteiger partial charge >= 0.3 is 0 Å². The maximum atomic E-state index is 8.73. The highest BCUT2D eigenvalue weighted by atomic mass is 16.4. The lowest BCUT2D eigenvalue weighted by Crippen LogP contribution is -2.35. The molecule has 0 saturated heterocycles. The molecule has 2 aromatic heterocycles. The number of anilines is 1. The third-order valence-electron chi connectivity index (χ3n) is 3.23. The minimum Gasteiger partial charge on any atom is -0.409 e. The average Bonchev–Trinajstić information content (AvgIpc) is 2.91. The first-order valence-electron chi connectivity index (χ1n) is 6.31. The van der Waals surface area contributed by atoms with Crippen LogP contribution < -0.4 is 10.6 Å². The molecule has 19 heavy (non-hydrogen) atoms. The van der Waals surface area contributed by atoms with Gasteiger partial charge in [-0.2, -0.15) is 0 Å². The van der Waals surface area contributed by atoms with Crippen molar-refractivity contribution in [3.05, 3.63) is 30.6 Å². The Hall–Kier alpha value is -2.24. The molecule has 1 unspecified atom stereocenters. The molecule has 0 radical (unpaired) electrons. The molecule has 0 bridgehead atoms. The summed E-state index contributed by atoms with van der Waals surface area (Å²) >= 11 is 0. The fourth-order valence-corrected chi connectivity index (χ4v) is 2.10. The van der Waals surface area contributed by atoms with Crippen molar-refractivity contribution in [3.8, 4) is 0 Å². The van der Waals surface area contributed by atoms with Gasteiger partial charge in [-0.3, -0.25) is 4.40 Å². The van der Waals surface area contributed by atoms with Crippen LogP contribution >= 0.6 is 0 Å². The van der Waals surface area contributed by atoms with Gasteiger partial charge in [-0.25, -0.2) is 4.98 Å². The minimum atomic E-state index is -0.0243. The predicted octanol–water partition coefficient (Wildman–Crippen LogP) is 1.54. The van der Waals surface area contributed by atoms with Crippen molar-refractivity contribution in [1.82, 2.24) is 9.38 Å². The van der Waals surface area contributed by atoms with Gasteiger partial charge in [0.2, 0.25) is 0 Å². The second kappa shape index (κ2) is 5.60. The number of hydrogen-bond donors (Lipinski definition) is 2. The van der Waals surface area contributed by atoms with E-state index in [1.165, 1.54) is 0 Å². The number of fused-ring (bicyclic) bond motifs is 1. The first-order valence-corrected chi connectivity index (χ1v) is 6.31. The van der Waals surface area contributed by atoms with E-state index in [0.29, 0.717) is 6.54 Å². The van der Waals surface area contributed by atoms with Crippen LogP contribution in [0.1, 0.15) is 13.8 Å². The molecule has 0 spiro atoms. The van der Waals surface area contributed by atoms with Crippen LogP contribution in [0.3, 0.4) is 0 Å². The largest absolute Gasteiger partial charge is 0.409 e. The predicted molar refractivity (Wildman–Crippen MR) is 75.7 cm³/mol. The summed E-state index contributed by atoms with van der Waals surface area (Å²) in [5, 5.41) is 11.8. The molecule has 0 aliphatic heterocycles. The monoisotopic (exact) mass is 261 g/mol. The van der Waals surface area contributed by atoms with Gasteiger partial charge in [0.1, 0.15) is 17.3 Å². The van der Waals surface area contributed by atoms with Gasteiger partial charge in [0.15, 0.2) is 0 Å². The quantitative estimate of drug-likeness (QED) is 0.370. The van der Waals surface area contributed by atoms with Crippen molar-refractivity contribution in [3.63, 3.8) is 0 Å². The highest BCUT2D eigenvalue weighted by molar-refractivity contribution is 5.82. The van der Waals surface area contributed by atoms with Gasteiger partial charge in [-0.05, 0) is 19.1 Å². The minimum absolute atomic E-state index is 0.0243. The first-order chi connectivity index (χ1) is 9.17. The van der Waals surface area contributed by atoms with Crippen LogP contribution in [0.5, 0.6) is 0 Å². The summed E-state index contributed by atoms with van der Waals surface area (Å²) in [6, 6.07) is 5.98. The number of pyridine rings is 1. The van der Waals surface area contributed by atoms with E-state index in [-0.39, 0.29) is 11.8 Å². The molecule has 0 amide bonds. The van der Waals surface area contributed by atoms with E-state index >= 15 is 0 Å². The van der Waals surface area contributed by atoms with Gasteiger partial charge in [-0.1, -0.05) is 18.1 Å². The van der Waals surface area contributed by atoms with Crippen LogP contribution in [0, 0.1) is 5.92 Å². The Balaban J connectivity index is 2.29. The number of aromatic nitrogens is 2. The van der Waals surface area contributed by atoms with Crippen LogP contribution in [0.25, 0.3) is 5.65 Å². The summed E-state index contributed by atoms with van der Waals surface area (Å²) < 4.78 is 2.03. The molecule has 0 saturated carbocycles. The Labute approximate surface area is 112 Å². The zero-order valence-corrected chi connectivity index (χ0v) is 11.2. The van der Waals surface area contributed by atoms with E-state index in [4.69, 9.17) is 10.9 Å². The zero-order chi connectivity index (χ0) is 13.8. The molecule has 2 rings (SSSR count). The normalized spacial score (nSPS) is 13.7. The Bertz CT molecular complexity index is 577. The molecule has 6 nitrogen and oxygen atoms in total. The van der Waals surface area contributed by atoms with Crippen LogP contribution in [-0.4, -0.2) is 33.5 Å². The lowest BCUT2D eigenvalue weighted by atomic mass is 10.1. The summed E-state index contributed by atoms with van der Waals surface area (Å²) in [7, 11) is 0. The number of rotatable bonds is 5. The van der Waals surface area contributed by atoms with Gasteiger partial charge in [-0.15, -0.1) is 0 Å². The topological polar surface area (TPSA) is 79.1 Å². The fourth-order valence-electron chi connectivity index (χ4n) is 2.10. The van der Waals surface area contributed by atoms with E-state index in [2.05, 4.69) is 22.0 Å². The van der Waals surface area contributed by atoms with E-state index in [1.807, 2.05) is 35.7 Å². The van der Waals surface area contributed by atoms with Crippen LogP contribution in [0.15, 0.2) is 35.7 Å². The molecular weight excluding hydrogens is 242 g/mol. The molecule has 102 valence electrons. The number of hydrogen-bond acceptors (Lipinski definition) is 4. The Morgan fingerprint density at radius 3 is 3.05 bits per heavy atom. The molecular formula is C13H19N5O. The molecule has 3 N–H and O–H groups in total. The lowest BCUT2D eigenvalue weighted by Gasteiger charge is -2.26. The van der Waals surface area contributed by atoms with E-state index in [1.54, 1.807) is 6.20 Å². The van der Waals surface area contributed by atoms with Gasteiger partial charge in [0, 0.05) is 31.4 Å². The van der Waals surface area contributed by atoms with Gasteiger partial charge in [0.05, 0.1) is 0 Å². The lowest BCUT2D eigenvalue weighted by molar-refractivity contribution is 0.314. The van der Waals surface area contributed by atoms with Gasteiger partial charge < -0.3 is 15.8 Å². The number of nitrogens with two attached hydrogens (primary N) is 1.